The Morgan fingerprint density at radius 1 is 1.21 bits per heavy atom. The van der Waals surface area contributed by atoms with E-state index in [0.29, 0.717) is 16.8 Å². The van der Waals surface area contributed by atoms with Gasteiger partial charge in [0.05, 0.1) is 17.5 Å². The minimum absolute atomic E-state index is 0.0190. The molecule has 12 heteroatoms. The van der Waals surface area contributed by atoms with Gasteiger partial charge in [0.25, 0.3) is 0 Å². The van der Waals surface area contributed by atoms with Crippen molar-refractivity contribution >= 4 is 34.7 Å². The van der Waals surface area contributed by atoms with Crippen molar-refractivity contribution in [3.63, 3.8) is 0 Å². The van der Waals surface area contributed by atoms with Crippen LogP contribution in [-0.2, 0) is 32.1 Å². The summed E-state index contributed by atoms with van der Waals surface area (Å²) in [6.07, 6.45) is 0.149. The van der Waals surface area contributed by atoms with E-state index in [1.165, 1.54) is 19.0 Å². The maximum Gasteiger partial charge on any atom is 0.235 e. The molecule has 1 aromatic rings. The number of fused-ring (bicyclic) bond motifs is 3. The molecule has 0 radical (unpaired) electrons. The first-order valence-corrected chi connectivity index (χ1v) is 12.9. The Morgan fingerprint density at radius 2 is 1.85 bits per heavy atom. The summed E-state index contributed by atoms with van der Waals surface area (Å²) in [4.78, 5) is 69.7. The number of aromatic hydroxyl groups is 1. The van der Waals surface area contributed by atoms with E-state index in [2.05, 4.69) is 5.32 Å². The number of ketones is 4. The monoisotopic (exact) mass is 546 g/mol. The summed E-state index contributed by atoms with van der Waals surface area (Å²) in [5.41, 5.74) is 3.95. The van der Waals surface area contributed by atoms with Gasteiger partial charge in [0.15, 0.2) is 34.7 Å². The van der Waals surface area contributed by atoms with Gasteiger partial charge in [0.2, 0.25) is 5.91 Å². The number of hydrogen-bond donors (Lipinski definition) is 4. The number of phenolic OH excluding ortho intramolecular Hbond substituents is 1. The van der Waals surface area contributed by atoms with Gasteiger partial charge in [-0.05, 0) is 51.4 Å². The van der Waals surface area contributed by atoms with Gasteiger partial charge in [-0.25, -0.2) is 4.39 Å². The van der Waals surface area contributed by atoms with Crippen LogP contribution in [0.2, 0.25) is 0 Å². The number of likely N-dealkylation sites (N-methyl/N-ethyl adjacent to an activating group) is 1. The molecule has 11 nitrogen and oxygen atoms in total. The van der Waals surface area contributed by atoms with E-state index in [1.54, 1.807) is 32.0 Å². The van der Waals surface area contributed by atoms with Crippen molar-refractivity contribution in [2.75, 3.05) is 39.8 Å². The summed E-state index contributed by atoms with van der Waals surface area (Å²) < 4.78 is 13.0. The Hall–Kier alpha value is -3.22. The molecule has 2 fully saturated rings. The van der Waals surface area contributed by atoms with Crippen LogP contribution in [0.3, 0.4) is 0 Å². The number of amides is 1. The van der Waals surface area contributed by atoms with Crippen LogP contribution in [0.15, 0.2) is 6.07 Å². The lowest BCUT2D eigenvalue weighted by Gasteiger charge is -2.52. The Morgan fingerprint density at radius 3 is 2.38 bits per heavy atom. The molecule has 0 spiro atoms. The van der Waals surface area contributed by atoms with Gasteiger partial charge < -0.3 is 26.2 Å². The number of halogens is 1. The van der Waals surface area contributed by atoms with Crippen molar-refractivity contribution < 1.29 is 38.6 Å². The number of aliphatic hydroxyl groups is 1. The molecule has 0 bridgehead atoms. The summed E-state index contributed by atoms with van der Waals surface area (Å²) in [7, 11) is 6.60. The fourth-order valence-corrected chi connectivity index (χ4v) is 6.58. The summed E-state index contributed by atoms with van der Waals surface area (Å²) in [6, 6.07) is 0.0469. The zero-order valence-corrected chi connectivity index (χ0v) is 22.7. The molecule has 7 atom stereocenters. The number of primary amides is 1. The highest BCUT2D eigenvalue weighted by molar-refractivity contribution is 6.32. The van der Waals surface area contributed by atoms with Crippen LogP contribution in [0.25, 0.3) is 0 Å². The van der Waals surface area contributed by atoms with Crippen LogP contribution in [0, 0.1) is 23.7 Å². The lowest BCUT2D eigenvalue weighted by atomic mass is 9.52. The Balaban J connectivity index is 1.85. The maximum absolute atomic E-state index is 14.0. The zero-order chi connectivity index (χ0) is 29.1. The second kappa shape index (κ2) is 10.1. The van der Waals surface area contributed by atoms with E-state index in [4.69, 9.17) is 5.73 Å². The molecule has 0 aliphatic heterocycles. The molecule has 0 aromatic heterocycles. The molecular formula is C27H35FN4O7. The second-order valence-corrected chi connectivity index (χ2v) is 11.4. The fourth-order valence-electron chi connectivity index (χ4n) is 6.58. The number of alkyl halides is 1. The topological polar surface area (TPSA) is 170 Å². The SMILES string of the molecule is CC(CF)NCc1cc(N(C)C)c2c(c1O)C(=O)C1C(=O)[C@]3(O)C(=O)C(C(N)=O)C(=O)[C@@H](N(C)C)[C@@H]3C[C@@H]1C2. The number of rotatable bonds is 7. The summed E-state index contributed by atoms with van der Waals surface area (Å²) in [6.45, 7) is 1.04. The molecule has 0 saturated heterocycles. The van der Waals surface area contributed by atoms with E-state index in [9.17, 15) is 38.6 Å². The molecule has 39 heavy (non-hydrogen) atoms. The van der Waals surface area contributed by atoms with Crippen molar-refractivity contribution in [2.45, 2.75) is 44.0 Å². The van der Waals surface area contributed by atoms with Crippen molar-refractivity contribution in [1.29, 1.82) is 0 Å². The van der Waals surface area contributed by atoms with E-state index >= 15 is 0 Å². The van der Waals surface area contributed by atoms with Gasteiger partial charge in [0, 0.05) is 43.9 Å². The number of hydrogen-bond acceptors (Lipinski definition) is 10. The van der Waals surface area contributed by atoms with Gasteiger partial charge in [0.1, 0.15) is 12.4 Å². The third kappa shape index (κ3) is 4.25. The highest BCUT2D eigenvalue weighted by Crippen LogP contribution is 2.52. The first kappa shape index (κ1) is 28.8. The molecular weight excluding hydrogens is 511 g/mol. The average molecular weight is 547 g/mol. The summed E-state index contributed by atoms with van der Waals surface area (Å²) >= 11 is 0. The van der Waals surface area contributed by atoms with Crippen LogP contribution < -0.4 is 16.0 Å². The molecule has 3 unspecified atom stereocenters. The lowest BCUT2D eigenvalue weighted by Crippen LogP contribution is -2.74. The van der Waals surface area contributed by atoms with Crippen LogP contribution >= 0.6 is 0 Å². The fraction of sp³-hybridized carbons (Fsp3) is 0.593. The number of carbonyl (C=O) groups excluding carboxylic acids is 5. The van der Waals surface area contributed by atoms with Gasteiger partial charge in [-0.15, -0.1) is 0 Å². The third-order valence-electron chi connectivity index (χ3n) is 8.47. The number of phenols is 1. The normalized spacial score (nSPS) is 31.0. The van der Waals surface area contributed by atoms with Crippen molar-refractivity contribution in [1.82, 2.24) is 10.2 Å². The van der Waals surface area contributed by atoms with E-state index < -0.39 is 77.1 Å². The average Bonchev–Trinajstić information content (AvgIpc) is 2.84. The Kier molecular flexibility index (Phi) is 7.43. The largest absolute Gasteiger partial charge is 0.507 e. The molecule has 1 amide bonds. The van der Waals surface area contributed by atoms with Crippen molar-refractivity contribution in [2.24, 2.45) is 29.4 Å². The Labute approximate surface area is 225 Å². The highest BCUT2D eigenvalue weighted by Gasteiger charge is 2.69. The first-order valence-electron chi connectivity index (χ1n) is 12.9. The van der Waals surface area contributed by atoms with Crippen molar-refractivity contribution in [3.8, 4) is 5.75 Å². The molecule has 5 N–H and O–H groups in total. The molecule has 212 valence electrons. The number of carbonyl (C=O) groups is 5. The number of benzene rings is 1. The van der Waals surface area contributed by atoms with Gasteiger partial charge >= 0.3 is 0 Å². The molecule has 3 aliphatic carbocycles. The highest BCUT2D eigenvalue weighted by atomic mass is 19.1. The molecule has 1 aromatic carbocycles. The van der Waals surface area contributed by atoms with Crippen molar-refractivity contribution in [3.05, 3.63) is 22.8 Å². The smallest absolute Gasteiger partial charge is 0.235 e. The number of nitrogens with one attached hydrogen (secondary N) is 1. The minimum atomic E-state index is -2.77. The summed E-state index contributed by atoms with van der Waals surface area (Å²) in [5, 5.41) is 25.8. The van der Waals surface area contributed by atoms with Crippen LogP contribution in [0.5, 0.6) is 5.75 Å². The molecule has 0 heterocycles. The summed E-state index contributed by atoms with van der Waals surface area (Å²) in [5.74, 6) is -10.9. The predicted molar refractivity (Wildman–Crippen MR) is 138 cm³/mol. The number of anilines is 1. The number of nitrogens with two attached hydrogens (primary N) is 1. The first-order chi connectivity index (χ1) is 18.2. The molecule has 4 rings (SSSR count). The van der Waals surface area contributed by atoms with E-state index in [1.807, 2.05) is 0 Å². The zero-order valence-electron chi connectivity index (χ0n) is 22.7. The second-order valence-electron chi connectivity index (χ2n) is 11.4. The van der Waals surface area contributed by atoms with E-state index in [0.717, 1.165) is 0 Å². The maximum atomic E-state index is 14.0. The molecule has 3 aliphatic rings. The van der Waals surface area contributed by atoms with Crippen LogP contribution in [-0.4, -0.2) is 96.7 Å². The number of nitrogens with zero attached hydrogens (tertiary/aromatic N) is 2. The van der Waals surface area contributed by atoms with Gasteiger partial charge in [-0.1, -0.05) is 0 Å². The lowest BCUT2D eigenvalue weighted by molar-refractivity contribution is -0.181. The standard InChI is InChI=1S/C27H35FN4O7/c1-11(9-28)30-10-13-8-16(31(2)3)14-6-12-7-15-20(32(4)5)23(35)19(26(29)38)25(37)27(15,39)24(36)17(12)22(34)18(14)21(13)33/h8,11-12,15,17,19-20,30,33,39H,6-7,9-10H2,1-5H3,(H2,29,38)/t11?,12-,15-,17?,19?,20-,27-/m0/s1. The third-order valence-corrected chi connectivity index (χ3v) is 8.47. The van der Waals surface area contributed by atoms with Gasteiger partial charge in [-0.3, -0.25) is 28.9 Å². The predicted octanol–water partition coefficient (Wildman–Crippen LogP) is -0.619. The minimum Gasteiger partial charge on any atom is -0.507 e. The molecule has 2 saturated carbocycles. The Bertz CT molecular complexity index is 1270. The quantitative estimate of drug-likeness (QED) is 0.323. The number of Topliss-reactive ketones (excluding diaryl/α,β-unsaturated/α-hetero) is 4. The van der Waals surface area contributed by atoms with Crippen LogP contribution in [0.1, 0.15) is 34.8 Å². The van der Waals surface area contributed by atoms with Gasteiger partial charge in [-0.2, -0.15) is 0 Å². The van der Waals surface area contributed by atoms with E-state index in [-0.39, 0.29) is 30.7 Å². The van der Waals surface area contributed by atoms with Crippen LogP contribution in [0.4, 0.5) is 10.1 Å².